The van der Waals surface area contributed by atoms with Crippen LogP contribution in [-0.4, -0.2) is 32.6 Å². The van der Waals surface area contributed by atoms with E-state index in [-0.39, 0.29) is 18.3 Å². The Balaban J connectivity index is 1.85. The Kier molecular flexibility index (Phi) is 5.33. The van der Waals surface area contributed by atoms with Gasteiger partial charge in [0.1, 0.15) is 18.2 Å². The number of rotatable bonds is 7. The molecule has 8 heteroatoms. The summed E-state index contributed by atoms with van der Waals surface area (Å²) in [5, 5.41) is 14.6. The molecule has 3 rings (SSSR count). The van der Waals surface area contributed by atoms with Crippen molar-refractivity contribution in [3.05, 3.63) is 66.2 Å². The van der Waals surface area contributed by atoms with E-state index in [2.05, 4.69) is 25.6 Å². The first kappa shape index (κ1) is 17.3. The monoisotopic (exact) mass is 353 g/mol. The molecule has 3 N–H and O–H groups in total. The van der Waals surface area contributed by atoms with Gasteiger partial charge in [0.2, 0.25) is 5.95 Å². The molecule has 132 valence electrons. The van der Waals surface area contributed by atoms with E-state index in [1.54, 1.807) is 36.7 Å². The quantitative estimate of drug-likeness (QED) is 0.600. The third-order valence-electron chi connectivity index (χ3n) is 3.44. The van der Waals surface area contributed by atoms with Crippen LogP contribution in [0.4, 0.5) is 16.2 Å². The van der Waals surface area contributed by atoms with E-state index in [0.29, 0.717) is 18.1 Å². The molecule has 26 heavy (non-hydrogen) atoms. The van der Waals surface area contributed by atoms with E-state index in [9.17, 15) is 9.18 Å². The Morgan fingerprint density at radius 3 is 2.73 bits per heavy atom. The highest BCUT2D eigenvalue weighted by Crippen LogP contribution is 2.21. The fourth-order valence-electron chi connectivity index (χ4n) is 2.27. The summed E-state index contributed by atoms with van der Waals surface area (Å²) in [5.41, 5.74) is 2.11. The number of carboxylic acid groups (broad SMARTS) is 1. The summed E-state index contributed by atoms with van der Waals surface area (Å²) < 4.78 is 13.3. The fourth-order valence-corrected chi connectivity index (χ4v) is 2.27. The SMILES string of the molecule is O=C(O)CNc1nc(NCc2cccc(F)c2)cc(-c2cccnc2)n1. The summed E-state index contributed by atoms with van der Waals surface area (Å²) in [6, 6.07) is 11.6. The maximum atomic E-state index is 13.3. The molecular formula is C18H16FN5O2. The third kappa shape index (κ3) is 4.73. The molecule has 0 bridgehead atoms. The van der Waals surface area contributed by atoms with Crippen LogP contribution in [0.15, 0.2) is 54.9 Å². The zero-order chi connectivity index (χ0) is 18.4. The van der Waals surface area contributed by atoms with E-state index in [1.807, 2.05) is 6.07 Å². The van der Waals surface area contributed by atoms with Gasteiger partial charge >= 0.3 is 5.97 Å². The number of halogens is 1. The van der Waals surface area contributed by atoms with Crippen LogP contribution in [0.5, 0.6) is 0 Å². The van der Waals surface area contributed by atoms with Crippen LogP contribution in [-0.2, 0) is 11.3 Å². The van der Waals surface area contributed by atoms with E-state index in [4.69, 9.17) is 5.11 Å². The molecule has 0 radical (unpaired) electrons. The van der Waals surface area contributed by atoms with Crippen LogP contribution in [0.2, 0.25) is 0 Å². The second kappa shape index (κ2) is 8.02. The standard InChI is InChI=1S/C18H16FN5O2/c19-14-5-1-3-12(7-14)9-21-16-8-15(13-4-2-6-20-10-13)23-18(24-16)22-11-17(25)26/h1-8,10H,9,11H2,(H,25,26)(H2,21,22,23,24). The summed E-state index contributed by atoms with van der Waals surface area (Å²) in [6.07, 6.45) is 3.30. The zero-order valence-corrected chi connectivity index (χ0v) is 13.7. The molecular weight excluding hydrogens is 337 g/mol. The van der Waals surface area contributed by atoms with Gasteiger partial charge in [0.25, 0.3) is 0 Å². The Bertz CT molecular complexity index is 905. The van der Waals surface area contributed by atoms with Gasteiger partial charge in [-0.15, -0.1) is 0 Å². The minimum absolute atomic E-state index is 0.176. The molecule has 7 nitrogen and oxygen atoms in total. The highest BCUT2D eigenvalue weighted by molar-refractivity contribution is 5.72. The van der Waals surface area contributed by atoms with E-state index >= 15 is 0 Å². The molecule has 1 aromatic carbocycles. The maximum Gasteiger partial charge on any atom is 0.322 e. The van der Waals surface area contributed by atoms with Gasteiger partial charge in [-0.05, 0) is 29.8 Å². The van der Waals surface area contributed by atoms with E-state index in [1.165, 1.54) is 12.1 Å². The van der Waals surface area contributed by atoms with Crippen LogP contribution < -0.4 is 10.6 Å². The number of hydrogen-bond acceptors (Lipinski definition) is 6. The van der Waals surface area contributed by atoms with Crippen molar-refractivity contribution in [1.82, 2.24) is 15.0 Å². The number of anilines is 2. The van der Waals surface area contributed by atoms with Gasteiger partial charge in [0, 0.05) is 30.6 Å². The first-order valence-corrected chi connectivity index (χ1v) is 7.83. The summed E-state index contributed by atoms with van der Waals surface area (Å²) >= 11 is 0. The van der Waals surface area contributed by atoms with Crippen molar-refractivity contribution in [3.8, 4) is 11.3 Å². The first-order valence-electron chi connectivity index (χ1n) is 7.83. The second-order valence-corrected chi connectivity index (χ2v) is 5.43. The van der Waals surface area contributed by atoms with E-state index < -0.39 is 5.97 Å². The molecule has 3 aromatic rings. The Hall–Kier alpha value is -3.55. The molecule has 0 aliphatic carbocycles. The highest BCUT2D eigenvalue weighted by Gasteiger charge is 2.08. The van der Waals surface area contributed by atoms with Crippen LogP contribution in [0.1, 0.15) is 5.56 Å². The number of carboxylic acids is 1. The van der Waals surface area contributed by atoms with Crippen LogP contribution in [0.25, 0.3) is 11.3 Å². The van der Waals surface area contributed by atoms with E-state index in [0.717, 1.165) is 11.1 Å². The summed E-state index contributed by atoms with van der Waals surface area (Å²) in [7, 11) is 0. The highest BCUT2D eigenvalue weighted by atomic mass is 19.1. The molecule has 2 heterocycles. The molecule has 0 amide bonds. The lowest BCUT2D eigenvalue weighted by atomic mass is 10.2. The van der Waals surface area contributed by atoms with Crippen LogP contribution in [0.3, 0.4) is 0 Å². The predicted molar refractivity (Wildman–Crippen MR) is 95.1 cm³/mol. The first-order chi connectivity index (χ1) is 12.6. The zero-order valence-electron chi connectivity index (χ0n) is 13.7. The van der Waals surface area contributed by atoms with Crippen molar-refractivity contribution in [2.45, 2.75) is 6.54 Å². The van der Waals surface area contributed by atoms with Gasteiger partial charge in [0.15, 0.2) is 0 Å². The molecule has 0 unspecified atom stereocenters. The third-order valence-corrected chi connectivity index (χ3v) is 3.44. The molecule has 0 saturated heterocycles. The van der Waals surface area contributed by atoms with Gasteiger partial charge in [-0.1, -0.05) is 12.1 Å². The van der Waals surface area contributed by atoms with Crippen molar-refractivity contribution in [2.24, 2.45) is 0 Å². The van der Waals surface area contributed by atoms with Crippen molar-refractivity contribution in [2.75, 3.05) is 17.2 Å². The predicted octanol–water partition coefficient (Wildman–Crippen LogP) is 2.79. The Morgan fingerprint density at radius 1 is 1.12 bits per heavy atom. The number of nitrogens with one attached hydrogen (secondary N) is 2. The summed E-state index contributed by atoms with van der Waals surface area (Å²) in [5.74, 6) is -0.673. The molecule has 0 atom stereocenters. The van der Waals surface area contributed by atoms with Crippen molar-refractivity contribution in [3.63, 3.8) is 0 Å². The normalized spacial score (nSPS) is 10.3. The number of aliphatic carboxylic acids is 1. The molecule has 0 aliphatic heterocycles. The van der Waals surface area contributed by atoms with Gasteiger partial charge in [-0.2, -0.15) is 4.98 Å². The van der Waals surface area contributed by atoms with Crippen molar-refractivity contribution in [1.29, 1.82) is 0 Å². The van der Waals surface area contributed by atoms with Gasteiger partial charge in [0.05, 0.1) is 5.69 Å². The van der Waals surface area contributed by atoms with Crippen LogP contribution >= 0.6 is 0 Å². The lowest BCUT2D eigenvalue weighted by Crippen LogP contribution is -2.15. The minimum Gasteiger partial charge on any atom is -0.480 e. The molecule has 0 fully saturated rings. The summed E-state index contributed by atoms with van der Waals surface area (Å²) in [4.78, 5) is 23.4. The average Bonchev–Trinajstić information content (AvgIpc) is 2.65. The van der Waals surface area contributed by atoms with Gasteiger partial charge in [-0.25, -0.2) is 9.37 Å². The Labute approximate surface area is 149 Å². The molecule has 0 spiro atoms. The number of pyridine rings is 1. The minimum atomic E-state index is -1.02. The largest absolute Gasteiger partial charge is 0.480 e. The second-order valence-electron chi connectivity index (χ2n) is 5.43. The lowest BCUT2D eigenvalue weighted by molar-refractivity contribution is -0.134. The number of benzene rings is 1. The van der Waals surface area contributed by atoms with Crippen molar-refractivity contribution < 1.29 is 14.3 Å². The van der Waals surface area contributed by atoms with Crippen molar-refractivity contribution >= 4 is 17.7 Å². The van der Waals surface area contributed by atoms with Gasteiger partial charge < -0.3 is 15.7 Å². The number of nitrogens with zero attached hydrogens (tertiary/aromatic N) is 3. The Morgan fingerprint density at radius 2 is 2.00 bits per heavy atom. The summed E-state index contributed by atoms with van der Waals surface area (Å²) in [6.45, 7) is 0.0550. The molecule has 0 aliphatic rings. The average molecular weight is 353 g/mol. The molecule has 0 saturated carbocycles. The lowest BCUT2D eigenvalue weighted by Gasteiger charge is -2.11. The number of aromatic nitrogens is 3. The number of hydrogen-bond donors (Lipinski definition) is 3. The maximum absolute atomic E-state index is 13.3. The van der Waals surface area contributed by atoms with Crippen LogP contribution in [0, 0.1) is 5.82 Å². The van der Waals surface area contributed by atoms with Gasteiger partial charge in [-0.3, -0.25) is 9.78 Å². The number of carbonyl (C=O) groups is 1. The fraction of sp³-hybridized carbons (Fsp3) is 0.111. The topological polar surface area (TPSA) is 100 Å². The smallest absolute Gasteiger partial charge is 0.322 e. The molecule has 2 aromatic heterocycles.